The second-order valence-corrected chi connectivity index (χ2v) is 5.61. The Balaban J connectivity index is 2.07. The number of thiazole rings is 1. The molecule has 0 unspecified atom stereocenters. The van der Waals surface area contributed by atoms with Crippen molar-refractivity contribution in [3.8, 4) is 5.75 Å². The van der Waals surface area contributed by atoms with E-state index in [2.05, 4.69) is 9.88 Å². The van der Waals surface area contributed by atoms with Crippen LogP contribution in [-0.2, 0) is 4.74 Å². The van der Waals surface area contributed by atoms with Gasteiger partial charge in [0.25, 0.3) is 0 Å². The Morgan fingerprint density at radius 2 is 2.35 bits per heavy atom. The van der Waals surface area contributed by atoms with E-state index >= 15 is 0 Å². The lowest BCUT2D eigenvalue weighted by Crippen LogP contribution is -2.29. The van der Waals surface area contributed by atoms with Crippen molar-refractivity contribution in [3.63, 3.8) is 0 Å². The summed E-state index contributed by atoms with van der Waals surface area (Å²) in [7, 11) is 1.37. The van der Waals surface area contributed by atoms with Gasteiger partial charge in [-0.15, -0.1) is 11.3 Å². The zero-order chi connectivity index (χ0) is 14.1. The fourth-order valence-electron chi connectivity index (χ4n) is 2.19. The maximum atomic E-state index is 11.8. The zero-order valence-electron chi connectivity index (χ0n) is 11.3. The fourth-order valence-corrected chi connectivity index (χ4v) is 2.98. The molecule has 0 spiro atoms. The van der Waals surface area contributed by atoms with E-state index in [0.717, 1.165) is 15.7 Å². The van der Waals surface area contributed by atoms with Crippen LogP contribution in [0, 0.1) is 6.92 Å². The highest BCUT2D eigenvalue weighted by atomic mass is 32.1. The molecule has 20 heavy (non-hydrogen) atoms. The number of esters is 1. The summed E-state index contributed by atoms with van der Waals surface area (Å²) >= 11 is 1.62. The molecule has 1 aliphatic rings. The summed E-state index contributed by atoms with van der Waals surface area (Å²) < 4.78 is 10.5. The number of rotatable bonds is 2. The normalized spacial score (nSPS) is 13.6. The summed E-state index contributed by atoms with van der Waals surface area (Å²) in [5.74, 6) is 0.178. The van der Waals surface area contributed by atoms with Gasteiger partial charge in [0, 0.05) is 11.1 Å². The van der Waals surface area contributed by atoms with E-state index in [1.54, 1.807) is 17.4 Å². The number of carbonyl (C=O) groups is 1. The highest BCUT2D eigenvalue weighted by Gasteiger charge is 2.26. The van der Waals surface area contributed by atoms with Crippen LogP contribution in [0.2, 0.25) is 0 Å². The number of methoxy groups -OCH3 is 1. The van der Waals surface area contributed by atoms with Gasteiger partial charge in [0.15, 0.2) is 10.9 Å². The van der Waals surface area contributed by atoms with E-state index in [-0.39, 0.29) is 5.97 Å². The molecule has 0 fully saturated rings. The number of para-hydroxylation sites is 1. The SMILES string of the molecule is COC(=O)c1cccc2c1OCCN2c1ncc(C)s1. The number of nitrogens with zero attached hydrogens (tertiary/aromatic N) is 2. The highest BCUT2D eigenvalue weighted by molar-refractivity contribution is 7.15. The number of anilines is 2. The number of ether oxygens (including phenoxy) is 2. The minimum atomic E-state index is -0.390. The first-order valence-corrected chi connectivity index (χ1v) is 7.06. The number of benzene rings is 1. The van der Waals surface area contributed by atoms with Crippen molar-refractivity contribution in [1.29, 1.82) is 0 Å². The lowest BCUT2D eigenvalue weighted by Gasteiger charge is -2.30. The summed E-state index contributed by atoms with van der Waals surface area (Å²) in [6.07, 6.45) is 1.85. The predicted molar refractivity (Wildman–Crippen MR) is 77.1 cm³/mol. The average molecular weight is 290 g/mol. The van der Waals surface area contributed by atoms with Crippen molar-refractivity contribution in [1.82, 2.24) is 4.98 Å². The Morgan fingerprint density at radius 1 is 1.50 bits per heavy atom. The molecular weight excluding hydrogens is 276 g/mol. The van der Waals surface area contributed by atoms with E-state index in [9.17, 15) is 4.79 Å². The molecule has 2 heterocycles. The lowest BCUT2D eigenvalue weighted by atomic mass is 10.1. The first-order valence-electron chi connectivity index (χ1n) is 6.25. The number of aryl methyl sites for hydroxylation is 1. The molecular formula is C14H14N2O3S. The molecule has 0 N–H and O–H groups in total. The van der Waals surface area contributed by atoms with Gasteiger partial charge >= 0.3 is 5.97 Å². The standard InChI is InChI=1S/C14H14N2O3S/c1-9-8-15-14(20-9)16-6-7-19-12-10(13(17)18-2)4-3-5-11(12)16/h3-5,8H,6-7H2,1-2H3. The van der Waals surface area contributed by atoms with Crippen LogP contribution in [0.1, 0.15) is 15.2 Å². The van der Waals surface area contributed by atoms with E-state index in [4.69, 9.17) is 9.47 Å². The monoisotopic (exact) mass is 290 g/mol. The van der Waals surface area contributed by atoms with Crippen LogP contribution < -0.4 is 9.64 Å². The second kappa shape index (κ2) is 5.13. The molecule has 0 aliphatic carbocycles. The second-order valence-electron chi connectivity index (χ2n) is 4.40. The van der Waals surface area contributed by atoms with Gasteiger partial charge in [-0.3, -0.25) is 0 Å². The average Bonchev–Trinajstić information content (AvgIpc) is 2.91. The molecule has 6 heteroatoms. The van der Waals surface area contributed by atoms with Gasteiger partial charge in [-0.1, -0.05) is 6.07 Å². The van der Waals surface area contributed by atoms with Crippen molar-refractivity contribution in [3.05, 3.63) is 34.8 Å². The Bertz CT molecular complexity index is 654. The van der Waals surface area contributed by atoms with Crippen molar-refractivity contribution in [2.75, 3.05) is 25.2 Å². The number of hydrogen-bond donors (Lipinski definition) is 0. The van der Waals surface area contributed by atoms with E-state index in [1.165, 1.54) is 7.11 Å². The third-order valence-corrected chi connectivity index (χ3v) is 4.03. The molecule has 0 radical (unpaired) electrons. The Labute approximate surface area is 120 Å². The molecule has 1 aromatic heterocycles. The number of carbonyl (C=O) groups excluding carboxylic acids is 1. The number of aromatic nitrogens is 1. The Hall–Kier alpha value is -2.08. The van der Waals surface area contributed by atoms with Gasteiger partial charge in [-0.2, -0.15) is 0 Å². The summed E-state index contributed by atoms with van der Waals surface area (Å²) in [6.45, 7) is 3.25. The zero-order valence-corrected chi connectivity index (χ0v) is 12.1. The fraction of sp³-hybridized carbons (Fsp3) is 0.286. The van der Waals surface area contributed by atoms with Gasteiger partial charge in [-0.25, -0.2) is 9.78 Å². The summed E-state index contributed by atoms with van der Waals surface area (Å²) in [6, 6.07) is 5.46. The maximum absolute atomic E-state index is 11.8. The summed E-state index contributed by atoms with van der Waals surface area (Å²) in [5.41, 5.74) is 1.30. The van der Waals surface area contributed by atoms with Crippen LogP contribution in [0.5, 0.6) is 5.75 Å². The van der Waals surface area contributed by atoms with Crippen molar-refractivity contribution >= 4 is 28.1 Å². The van der Waals surface area contributed by atoms with Crippen molar-refractivity contribution in [2.24, 2.45) is 0 Å². The molecule has 0 bridgehead atoms. The van der Waals surface area contributed by atoms with Crippen LogP contribution in [0.25, 0.3) is 0 Å². The van der Waals surface area contributed by atoms with Crippen LogP contribution in [0.4, 0.5) is 10.8 Å². The van der Waals surface area contributed by atoms with Crippen LogP contribution in [-0.4, -0.2) is 31.2 Å². The minimum absolute atomic E-state index is 0.390. The molecule has 5 nitrogen and oxygen atoms in total. The first kappa shape index (κ1) is 12.9. The topological polar surface area (TPSA) is 51.7 Å². The molecule has 1 aliphatic heterocycles. The summed E-state index contributed by atoms with van der Waals surface area (Å²) in [4.78, 5) is 19.4. The lowest BCUT2D eigenvalue weighted by molar-refractivity contribution is 0.0596. The molecule has 0 amide bonds. The van der Waals surface area contributed by atoms with Gasteiger partial charge in [0.2, 0.25) is 0 Å². The minimum Gasteiger partial charge on any atom is -0.489 e. The maximum Gasteiger partial charge on any atom is 0.341 e. The van der Waals surface area contributed by atoms with Crippen molar-refractivity contribution < 1.29 is 14.3 Å². The quantitative estimate of drug-likeness (QED) is 0.796. The van der Waals surface area contributed by atoms with E-state index in [0.29, 0.717) is 24.5 Å². The van der Waals surface area contributed by atoms with Crippen LogP contribution in [0.15, 0.2) is 24.4 Å². The predicted octanol–water partition coefficient (Wildman–Crippen LogP) is 2.77. The largest absolute Gasteiger partial charge is 0.489 e. The van der Waals surface area contributed by atoms with Crippen LogP contribution in [0.3, 0.4) is 0 Å². The third kappa shape index (κ3) is 2.12. The molecule has 0 saturated carbocycles. The summed E-state index contributed by atoms with van der Waals surface area (Å²) in [5, 5.41) is 0.911. The Kier molecular flexibility index (Phi) is 3.31. The third-order valence-electron chi connectivity index (χ3n) is 3.09. The number of hydrogen-bond acceptors (Lipinski definition) is 6. The van der Waals surface area contributed by atoms with Gasteiger partial charge in [0.05, 0.1) is 19.3 Å². The van der Waals surface area contributed by atoms with Crippen molar-refractivity contribution in [2.45, 2.75) is 6.92 Å². The molecule has 0 atom stereocenters. The van der Waals surface area contributed by atoms with E-state index in [1.807, 2.05) is 25.3 Å². The van der Waals surface area contributed by atoms with Gasteiger partial charge in [-0.05, 0) is 19.1 Å². The molecule has 104 valence electrons. The van der Waals surface area contributed by atoms with E-state index < -0.39 is 0 Å². The van der Waals surface area contributed by atoms with Gasteiger partial charge in [0.1, 0.15) is 12.2 Å². The molecule has 3 rings (SSSR count). The molecule has 1 aromatic carbocycles. The first-order chi connectivity index (χ1) is 9.70. The van der Waals surface area contributed by atoms with Gasteiger partial charge < -0.3 is 14.4 Å². The van der Waals surface area contributed by atoms with Crippen LogP contribution >= 0.6 is 11.3 Å². The Morgan fingerprint density at radius 3 is 3.05 bits per heavy atom. The molecule has 0 saturated heterocycles. The number of fused-ring (bicyclic) bond motifs is 1. The molecule has 2 aromatic rings. The smallest absolute Gasteiger partial charge is 0.341 e. The highest BCUT2D eigenvalue weighted by Crippen LogP contribution is 2.40.